The average molecular weight is 251 g/mol. The van der Waals surface area contributed by atoms with Gasteiger partial charge in [0.25, 0.3) is 5.91 Å². The van der Waals surface area contributed by atoms with E-state index in [0.29, 0.717) is 6.42 Å². The lowest BCUT2D eigenvalue weighted by Crippen LogP contribution is -2.42. The second-order valence-electron chi connectivity index (χ2n) is 3.66. The van der Waals surface area contributed by atoms with E-state index in [4.69, 9.17) is 15.8 Å². The van der Waals surface area contributed by atoms with Gasteiger partial charge in [-0.05, 0) is 18.6 Å². The Morgan fingerprint density at radius 3 is 2.89 bits per heavy atom. The third-order valence-electron chi connectivity index (χ3n) is 2.32. The minimum atomic E-state index is -0.771. The van der Waals surface area contributed by atoms with Gasteiger partial charge >= 0.3 is 0 Å². The molecule has 3 N–H and O–H groups in total. The number of halogens is 1. The molecule has 18 heavy (non-hydrogen) atoms. The van der Waals surface area contributed by atoms with Crippen LogP contribution in [0, 0.1) is 17.1 Å². The number of carbonyl (C=O) groups is 1. The first-order chi connectivity index (χ1) is 8.62. The highest BCUT2D eigenvalue weighted by atomic mass is 19.1. The lowest BCUT2D eigenvalue weighted by molar-refractivity contribution is -0.128. The first-order valence-corrected chi connectivity index (χ1v) is 5.49. The van der Waals surface area contributed by atoms with Crippen LogP contribution in [0.4, 0.5) is 4.39 Å². The summed E-state index contributed by atoms with van der Waals surface area (Å²) in [5, 5.41) is 8.59. The Balaban J connectivity index is 2.84. The van der Waals surface area contributed by atoms with E-state index in [9.17, 15) is 9.18 Å². The maximum atomic E-state index is 13.3. The van der Waals surface area contributed by atoms with Gasteiger partial charge < -0.3 is 4.74 Å². The van der Waals surface area contributed by atoms with Gasteiger partial charge in [-0.25, -0.2) is 10.2 Å². The van der Waals surface area contributed by atoms with Crippen LogP contribution in [0.3, 0.4) is 0 Å². The highest BCUT2D eigenvalue weighted by Crippen LogP contribution is 2.18. The first kappa shape index (κ1) is 13.9. The molecule has 0 radical (unpaired) electrons. The standard InChI is InChI=1S/C12H14FN3O2/c1-2-3-11(12(17)16-15)18-9-5-4-8(7-14)10(13)6-9/h4-6,11H,2-3,15H2,1H3,(H,16,17). The molecule has 0 aromatic heterocycles. The van der Waals surface area contributed by atoms with Crippen molar-refractivity contribution in [3.63, 3.8) is 0 Å². The summed E-state index contributed by atoms with van der Waals surface area (Å²) in [7, 11) is 0. The van der Waals surface area contributed by atoms with Gasteiger partial charge in [-0.1, -0.05) is 13.3 Å². The number of nitrogens with two attached hydrogens (primary N) is 1. The first-order valence-electron chi connectivity index (χ1n) is 5.49. The molecule has 0 spiro atoms. The van der Waals surface area contributed by atoms with Crippen LogP contribution in [0.2, 0.25) is 0 Å². The van der Waals surface area contributed by atoms with E-state index in [1.54, 1.807) is 6.07 Å². The molecule has 0 aliphatic rings. The van der Waals surface area contributed by atoms with E-state index in [2.05, 4.69) is 0 Å². The van der Waals surface area contributed by atoms with Gasteiger partial charge in [-0.3, -0.25) is 10.2 Å². The van der Waals surface area contributed by atoms with Gasteiger partial charge in [0, 0.05) is 6.07 Å². The number of nitrogens with one attached hydrogen (secondary N) is 1. The highest BCUT2D eigenvalue weighted by Gasteiger charge is 2.18. The Morgan fingerprint density at radius 2 is 2.39 bits per heavy atom. The second-order valence-corrected chi connectivity index (χ2v) is 3.66. The molecule has 0 saturated carbocycles. The maximum Gasteiger partial charge on any atom is 0.274 e. The molecule has 0 saturated heterocycles. The van der Waals surface area contributed by atoms with E-state index in [0.717, 1.165) is 12.5 Å². The molecule has 1 aromatic carbocycles. The van der Waals surface area contributed by atoms with Gasteiger partial charge in [0.05, 0.1) is 5.56 Å². The van der Waals surface area contributed by atoms with E-state index in [-0.39, 0.29) is 11.3 Å². The number of rotatable bonds is 5. The van der Waals surface area contributed by atoms with E-state index >= 15 is 0 Å². The molecular formula is C12H14FN3O2. The fraction of sp³-hybridized carbons (Fsp3) is 0.333. The summed E-state index contributed by atoms with van der Waals surface area (Å²) in [6.45, 7) is 1.89. The summed E-state index contributed by atoms with van der Waals surface area (Å²) in [4.78, 5) is 11.4. The lowest BCUT2D eigenvalue weighted by Gasteiger charge is -2.16. The van der Waals surface area contributed by atoms with E-state index in [1.165, 1.54) is 12.1 Å². The van der Waals surface area contributed by atoms with Crippen LogP contribution in [-0.4, -0.2) is 12.0 Å². The normalized spacial score (nSPS) is 11.4. The summed E-state index contributed by atoms with van der Waals surface area (Å²) < 4.78 is 18.7. The van der Waals surface area contributed by atoms with Crippen molar-refractivity contribution in [2.75, 3.05) is 0 Å². The van der Waals surface area contributed by atoms with E-state index in [1.807, 2.05) is 12.3 Å². The molecule has 1 unspecified atom stereocenters. The topological polar surface area (TPSA) is 88.1 Å². The number of hydrogen-bond acceptors (Lipinski definition) is 4. The molecule has 5 nitrogen and oxygen atoms in total. The van der Waals surface area contributed by atoms with Crippen molar-refractivity contribution in [2.45, 2.75) is 25.9 Å². The van der Waals surface area contributed by atoms with E-state index < -0.39 is 17.8 Å². The molecule has 0 aliphatic heterocycles. The Labute approximate surface area is 104 Å². The third-order valence-corrected chi connectivity index (χ3v) is 2.32. The molecule has 0 bridgehead atoms. The molecular weight excluding hydrogens is 237 g/mol. The summed E-state index contributed by atoms with van der Waals surface area (Å²) in [6.07, 6.45) is 0.411. The van der Waals surface area contributed by atoms with Crippen molar-refractivity contribution in [1.29, 1.82) is 5.26 Å². The van der Waals surface area contributed by atoms with Crippen molar-refractivity contribution in [2.24, 2.45) is 5.84 Å². The Bertz CT molecular complexity index is 471. The third kappa shape index (κ3) is 3.43. The fourth-order valence-electron chi connectivity index (χ4n) is 1.42. The fourth-order valence-corrected chi connectivity index (χ4v) is 1.42. The lowest BCUT2D eigenvalue weighted by atomic mass is 10.2. The quantitative estimate of drug-likeness (QED) is 0.468. The van der Waals surface area contributed by atoms with Crippen molar-refractivity contribution in [3.05, 3.63) is 29.6 Å². The van der Waals surface area contributed by atoms with Crippen molar-refractivity contribution in [3.8, 4) is 11.8 Å². The predicted molar refractivity (Wildman–Crippen MR) is 62.8 cm³/mol. The number of benzene rings is 1. The zero-order valence-corrected chi connectivity index (χ0v) is 9.94. The Morgan fingerprint density at radius 1 is 1.67 bits per heavy atom. The number of amides is 1. The van der Waals surface area contributed by atoms with Crippen molar-refractivity contribution in [1.82, 2.24) is 5.43 Å². The van der Waals surface area contributed by atoms with Crippen LogP contribution in [-0.2, 0) is 4.79 Å². The molecule has 96 valence electrons. The number of carbonyl (C=O) groups excluding carboxylic acids is 1. The number of nitriles is 1. The second kappa shape index (κ2) is 6.57. The molecule has 6 heteroatoms. The largest absolute Gasteiger partial charge is 0.480 e. The molecule has 0 heterocycles. The Hall–Kier alpha value is -2.13. The zero-order valence-electron chi connectivity index (χ0n) is 9.94. The van der Waals surface area contributed by atoms with Crippen LogP contribution < -0.4 is 16.0 Å². The zero-order chi connectivity index (χ0) is 13.5. The van der Waals surface area contributed by atoms with Crippen LogP contribution in [0.15, 0.2) is 18.2 Å². The summed E-state index contributed by atoms with van der Waals surface area (Å²) in [5.74, 6) is 4.07. The Kier molecular flexibility index (Phi) is 5.08. The van der Waals surface area contributed by atoms with Gasteiger partial charge in [0.1, 0.15) is 17.6 Å². The van der Waals surface area contributed by atoms with Gasteiger partial charge in [0.15, 0.2) is 6.10 Å². The number of hydrazine groups is 1. The molecule has 1 atom stereocenters. The number of ether oxygens (including phenoxy) is 1. The van der Waals surface area contributed by atoms with Gasteiger partial charge in [-0.15, -0.1) is 0 Å². The van der Waals surface area contributed by atoms with Gasteiger partial charge in [-0.2, -0.15) is 5.26 Å². The van der Waals surface area contributed by atoms with Crippen LogP contribution >= 0.6 is 0 Å². The summed E-state index contributed by atoms with van der Waals surface area (Å²) in [6, 6.07) is 5.52. The smallest absolute Gasteiger partial charge is 0.274 e. The number of hydrogen-bond donors (Lipinski definition) is 2. The van der Waals surface area contributed by atoms with Crippen LogP contribution in [0.25, 0.3) is 0 Å². The monoisotopic (exact) mass is 251 g/mol. The van der Waals surface area contributed by atoms with Gasteiger partial charge in [0.2, 0.25) is 0 Å². The van der Waals surface area contributed by atoms with Crippen LogP contribution in [0.1, 0.15) is 25.3 Å². The number of nitrogens with zero attached hydrogens (tertiary/aromatic N) is 1. The highest BCUT2D eigenvalue weighted by molar-refractivity contribution is 5.80. The minimum absolute atomic E-state index is 0.0716. The molecule has 1 rings (SSSR count). The maximum absolute atomic E-state index is 13.3. The molecule has 0 fully saturated rings. The minimum Gasteiger partial charge on any atom is -0.480 e. The van der Waals surface area contributed by atoms with Crippen molar-refractivity contribution >= 4 is 5.91 Å². The van der Waals surface area contributed by atoms with Crippen molar-refractivity contribution < 1.29 is 13.9 Å². The summed E-state index contributed by atoms with van der Waals surface area (Å²) in [5.41, 5.74) is 1.93. The molecule has 1 aromatic rings. The summed E-state index contributed by atoms with van der Waals surface area (Å²) >= 11 is 0. The SMILES string of the molecule is CCCC(Oc1ccc(C#N)c(F)c1)C(=O)NN. The predicted octanol–water partition coefficient (Wildman–Crippen LogP) is 1.23. The average Bonchev–Trinajstić information content (AvgIpc) is 2.37. The molecule has 1 amide bonds. The van der Waals surface area contributed by atoms with Crippen LogP contribution in [0.5, 0.6) is 5.75 Å². The molecule has 0 aliphatic carbocycles.